The van der Waals surface area contributed by atoms with Gasteiger partial charge in [-0.15, -0.1) is 0 Å². The van der Waals surface area contributed by atoms with E-state index in [-0.39, 0.29) is 11.9 Å². The number of benzene rings is 1. The average molecular weight is 455 g/mol. The van der Waals surface area contributed by atoms with Gasteiger partial charge in [0.05, 0.1) is 18.3 Å². The summed E-state index contributed by atoms with van der Waals surface area (Å²) in [5, 5.41) is 5.87. The number of hydrogen-bond donors (Lipinski definition) is 0. The molecule has 31 heavy (non-hydrogen) atoms. The molecule has 1 aliphatic heterocycles. The summed E-state index contributed by atoms with van der Waals surface area (Å²) in [5.41, 5.74) is 4.67. The summed E-state index contributed by atoms with van der Waals surface area (Å²) in [5.74, 6) is 0.00653. The molecule has 5 nitrogen and oxygen atoms in total. The van der Waals surface area contributed by atoms with E-state index in [2.05, 4.69) is 10.1 Å². The molecule has 1 atom stereocenters. The van der Waals surface area contributed by atoms with E-state index < -0.39 is 0 Å². The van der Waals surface area contributed by atoms with E-state index in [1.165, 1.54) is 0 Å². The predicted octanol–water partition coefficient (Wildman–Crippen LogP) is 5.63. The molecular formula is C24H24Cl2N4O. The number of pyridine rings is 1. The summed E-state index contributed by atoms with van der Waals surface area (Å²) in [6, 6.07) is 9.50. The number of rotatable bonds is 5. The minimum absolute atomic E-state index is 0.00653. The van der Waals surface area contributed by atoms with Crippen LogP contribution in [0.4, 0.5) is 0 Å². The van der Waals surface area contributed by atoms with Crippen LogP contribution in [0.1, 0.15) is 47.0 Å². The van der Waals surface area contributed by atoms with Crippen molar-refractivity contribution in [3.05, 3.63) is 86.9 Å². The first kappa shape index (κ1) is 21.6. The summed E-state index contributed by atoms with van der Waals surface area (Å²) in [4.78, 5) is 19.1. The van der Waals surface area contributed by atoms with E-state index in [1.54, 1.807) is 12.3 Å². The van der Waals surface area contributed by atoms with Gasteiger partial charge in [-0.05, 0) is 56.5 Å². The number of halogens is 2. The third-order valence-corrected chi connectivity index (χ3v) is 6.51. The highest BCUT2D eigenvalue weighted by Crippen LogP contribution is 2.32. The van der Waals surface area contributed by atoms with Crippen molar-refractivity contribution in [1.82, 2.24) is 19.7 Å². The number of aromatic nitrogens is 3. The van der Waals surface area contributed by atoms with Crippen molar-refractivity contribution in [3.8, 4) is 0 Å². The van der Waals surface area contributed by atoms with Gasteiger partial charge in [-0.1, -0.05) is 35.3 Å². The van der Waals surface area contributed by atoms with Crippen LogP contribution >= 0.6 is 23.2 Å². The summed E-state index contributed by atoms with van der Waals surface area (Å²) in [6.07, 6.45) is 9.07. The Hall–Kier alpha value is -2.63. The largest absolute Gasteiger partial charge is 0.332 e. The Morgan fingerprint density at radius 2 is 1.97 bits per heavy atom. The Labute approximate surface area is 192 Å². The number of aryl methyl sites for hydroxylation is 1. The molecule has 1 aliphatic rings. The highest BCUT2D eigenvalue weighted by Gasteiger charge is 2.28. The van der Waals surface area contributed by atoms with E-state index in [0.29, 0.717) is 16.6 Å². The van der Waals surface area contributed by atoms with Gasteiger partial charge in [-0.25, -0.2) is 0 Å². The standard InChI is InChI=1S/C24H24Cl2N4O/c1-16-19(17(2)30(28-16)15-20-21(25)7-3-8-22(20)26)10-11-24(31)29-13-5-9-23(29)18-6-4-12-27-14-18/h3-4,6-8,10-12,14,23H,5,9,13,15H2,1-2H3/b11-10+. The topological polar surface area (TPSA) is 51.0 Å². The van der Waals surface area contributed by atoms with Crippen molar-refractivity contribution in [1.29, 1.82) is 0 Å². The second kappa shape index (κ2) is 9.25. The molecule has 4 rings (SSSR count). The fourth-order valence-corrected chi connectivity index (χ4v) is 4.66. The van der Waals surface area contributed by atoms with E-state index in [4.69, 9.17) is 23.2 Å². The van der Waals surface area contributed by atoms with Gasteiger partial charge in [0.2, 0.25) is 5.91 Å². The second-order valence-electron chi connectivity index (χ2n) is 7.75. The van der Waals surface area contributed by atoms with Crippen molar-refractivity contribution < 1.29 is 4.79 Å². The molecule has 0 aliphatic carbocycles. The number of likely N-dealkylation sites (tertiary alicyclic amines) is 1. The fourth-order valence-electron chi connectivity index (χ4n) is 4.14. The van der Waals surface area contributed by atoms with Gasteiger partial charge in [0.1, 0.15) is 0 Å². The summed E-state index contributed by atoms with van der Waals surface area (Å²) < 4.78 is 1.88. The zero-order valence-electron chi connectivity index (χ0n) is 17.6. The van der Waals surface area contributed by atoms with Crippen LogP contribution in [-0.2, 0) is 11.3 Å². The Morgan fingerprint density at radius 3 is 2.68 bits per heavy atom. The van der Waals surface area contributed by atoms with Crippen LogP contribution < -0.4 is 0 Å². The van der Waals surface area contributed by atoms with Crippen molar-refractivity contribution >= 4 is 35.2 Å². The van der Waals surface area contributed by atoms with E-state index in [0.717, 1.165) is 47.5 Å². The number of hydrogen-bond acceptors (Lipinski definition) is 3. The van der Waals surface area contributed by atoms with E-state index in [9.17, 15) is 4.79 Å². The van der Waals surface area contributed by atoms with Gasteiger partial charge in [0, 0.05) is 51.9 Å². The Kier molecular flexibility index (Phi) is 6.44. The summed E-state index contributed by atoms with van der Waals surface area (Å²) >= 11 is 12.6. The van der Waals surface area contributed by atoms with Gasteiger partial charge >= 0.3 is 0 Å². The number of nitrogens with zero attached hydrogens (tertiary/aromatic N) is 4. The minimum Gasteiger partial charge on any atom is -0.332 e. The van der Waals surface area contributed by atoms with Crippen LogP contribution in [0, 0.1) is 13.8 Å². The molecule has 3 heterocycles. The van der Waals surface area contributed by atoms with Gasteiger partial charge in [0.15, 0.2) is 0 Å². The van der Waals surface area contributed by atoms with Gasteiger partial charge < -0.3 is 4.90 Å². The first-order valence-electron chi connectivity index (χ1n) is 10.3. The average Bonchev–Trinajstić information content (AvgIpc) is 3.35. The first-order chi connectivity index (χ1) is 15.0. The number of carbonyl (C=O) groups excluding carboxylic acids is 1. The third-order valence-electron chi connectivity index (χ3n) is 5.80. The molecule has 3 aromatic rings. The highest BCUT2D eigenvalue weighted by molar-refractivity contribution is 6.35. The minimum atomic E-state index is 0.00653. The Bertz CT molecular complexity index is 1100. The lowest BCUT2D eigenvalue weighted by Crippen LogP contribution is -2.28. The normalized spacial score (nSPS) is 16.4. The van der Waals surface area contributed by atoms with Gasteiger partial charge in [-0.2, -0.15) is 5.10 Å². The van der Waals surface area contributed by atoms with Crippen LogP contribution in [0.2, 0.25) is 10.0 Å². The molecule has 0 radical (unpaired) electrons. The first-order valence-corrected chi connectivity index (χ1v) is 11.1. The van der Waals surface area contributed by atoms with E-state index >= 15 is 0 Å². The number of amides is 1. The monoisotopic (exact) mass is 454 g/mol. The maximum atomic E-state index is 13.0. The van der Waals surface area contributed by atoms with Crippen LogP contribution in [0.5, 0.6) is 0 Å². The molecule has 0 saturated carbocycles. The zero-order chi connectivity index (χ0) is 22.0. The van der Waals surface area contributed by atoms with Gasteiger partial charge in [0.25, 0.3) is 0 Å². The molecule has 2 aromatic heterocycles. The SMILES string of the molecule is Cc1nn(Cc2c(Cl)cccc2Cl)c(C)c1/C=C/C(=O)N1CCCC1c1cccnc1. The van der Waals surface area contributed by atoms with E-state index in [1.807, 2.05) is 66.0 Å². The predicted molar refractivity (Wildman–Crippen MR) is 124 cm³/mol. The fraction of sp³-hybridized carbons (Fsp3) is 0.292. The van der Waals surface area contributed by atoms with Crippen LogP contribution in [0.3, 0.4) is 0 Å². The Morgan fingerprint density at radius 1 is 1.19 bits per heavy atom. The molecular weight excluding hydrogens is 431 g/mol. The molecule has 0 spiro atoms. The summed E-state index contributed by atoms with van der Waals surface area (Å²) in [6.45, 7) is 5.16. The number of carbonyl (C=O) groups is 1. The van der Waals surface area contributed by atoms with Crippen LogP contribution in [0.15, 0.2) is 48.8 Å². The molecule has 0 N–H and O–H groups in total. The maximum Gasteiger partial charge on any atom is 0.247 e. The smallest absolute Gasteiger partial charge is 0.247 e. The van der Waals surface area contributed by atoms with Crippen molar-refractivity contribution in [3.63, 3.8) is 0 Å². The lowest BCUT2D eigenvalue weighted by atomic mass is 10.1. The van der Waals surface area contributed by atoms with Crippen molar-refractivity contribution in [2.24, 2.45) is 0 Å². The van der Waals surface area contributed by atoms with Crippen molar-refractivity contribution in [2.45, 2.75) is 39.3 Å². The molecule has 1 aromatic carbocycles. The zero-order valence-corrected chi connectivity index (χ0v) is 19.1. The van der Waals surface area contributed by atoms with Crippen LogP contribution in [-0.4, -0.2) is 32.1 Å². The van der Waals surface area contributed by atoms with Crippen molar-refractivity contribution in [2.75, 3.05) is 6.54 Å². The Balaban J connectivity index is 1.53. The van der Waals surface area contributed by atoms with Crippen LogP contribution in [0.25, 0.3) is 6.08 Å². The third kappa shape index (κ3) is 4.53. The molecule has 7 heteroatoms. The molecule has 1 saturated heterocycles. The molecule has 1 unspecified atom stereocenters. The molecule has 0 bridgehead atoms. The second-order valence-corrected chi connectivity index (χ2v) is 8.57. The molecule has 1 fully saturated rings. The summed E-state index contributed by atoms with van der Waals surface area (Å²) in [7, 11) is 0. The lowest BCUT2D eigenvalue weighted by Gasteiger charge is -2.23. The maximum absolute atomic E-state index is 13.0. The molecule has 1 amide bonds. The quantitative estimate of drug-likeness (QED) is 0.469. The lowest BCUT2D eigenvalue weighted by molar-refractivity contribution is -0.126. The molecule has 160 valence electrons. The van der Waals surface area contributed by atoms with Gasteiger partial charge in [-0.3, -0.25) is 14.5 Å². The highest BCUT2D eigenvalue weighted by atomic mass is 35.5.